The summed E-state index contributed by atoms with van der Waals surface area (Å²) >= 11 is 1.60. The van der Waals surface area contributed by atoms with E-state index in [4.69, 9.17) is 5.73 Å². The minimum atomic E-state index is -0.324. The normalized spacial score (nSPS) is 12.1. The highest BCUT2D eigenvalue weighted by Gasteiger charge is 2.10. The molecule has 1 heterocycles. The van der Waals surface area contributed by atoms with Crippen LogP contribution in [0.1, 0.15) is 23.4 Å². The molecule has 18 heavy (non-hydrogen) atoms. The lowest BCUT2D eigenvalue weighted by atomic mass is 10.1. The number of anilines is 1. The van der Waals surface area contributed by atoms with Crippen LogP contribution in [0.5, 0.6) is 0 Å². The molecule has 1 atom stereocenters. The van der Waals surface area contributed by atoms with E-state index in [1.54, 1.807) is 11.3 Å². The van der Waals surface area contributed by atoms with Gasteiger partial charge in [0.25, 0.3) is 0 Å². The molecule has 0 aliphatic rings. The monoisotopic (exact) mass is 261 g/mol. The summed E-state index contributed by atoms with van der Waals surface area (Å²) in [4.78, 5) is 16.2. The number of rotatable bonds is 5. The van der Waals surface area contributed by atoms with Crippen molar-refractivity contribution in [3.63, 3.8) is 0 Å². The average Bonchev–Trinajstić information content (AvgIpc) is 2.84. The first-order valence-corrected chi connectivity index (χ1v) is 6.56. The molecule has 0 saturated carbocycles. The number of para-hydroxylation sites is 1. The van der Waals surface area contributed by atoms with Crippen LogP contribution in [0.4, 0.5) is 5.69 Å². The largest absolute Gasteiger partial charge is 0.377 e. The Morgan fingerprint density at radius 3 is 2.94 bits per heavy atom. The van der Waals surface area contributed by atoms with E-state index in [0.29, 0.717) is 0 Å². The zero-order valence-electron chi connectivity index (χ0n) is 10.1. The number of benzene rings is 1. The van der Waals surface area contributed by atoms with E-state index in [2.05, 4.69) is 17.2 Å². The maximum Gasteiger partial charge on any atom is 0.221 e. The first-order chi connectivity index (χ1) is 8.66. The average molecular weight is 261 g/mol. The van der Waals surface area contributed by atoms with Crippen LogP contribution < -0.4 is 11.1 Å². The van der Waals surface area contributed by atoms with Gasteiger partial charge in [0, 0.05) is 16.8 Å². The molecule has 1 aromatic carbocycles. The second-order valence-corrected chi connectivity index (χ2v) is 4.99. The molecule has 5 heteroatoms. The predicted molar refractivity (Wildman–Crippen MR) is 73.5 cm³/mol. The lowest BCUT2D eigenvalue weighted by Crippen LogP contribution is -2.15. The molecule has 0 aliphatic carbocycles. The fraction of sp³-hybridized carbons (Fsp3) is 0.231. The summed E-state index contributed by atoms with van der Waals surface area (Å²) < 4.78 is 0. The predicted octanol–water partition coefficient (Wildman–Crippen LogP) is 2.34. The van der Waals surface area contributed by atoms with E-state index in [0.717, 1.165) is 16.1 Å². The smallest absolute Gasteiger partial charge is 0.221 e. The highest BCUT2D eigenvalue weighted by Crippen LogP contribution is 2.24. The van der Waals surface area contributed by atoms with Crippen LogP contribution in [-0.2, 0) is 11.2 Å². The van der Waals surface area contributed by atoms with E-state index in [1.165, 1.54) is 0 Å². The lowest BCUT2D eigenvalue weighted by molar-refractivity contribution is -0.117. The molecule has 1 unspecified atom stereocenters. The molecule has 1 amide bonds. The molecule has 0 bridgehead atoms. The lowest BCUT2D eigenvalue weighted by Gasteiger charge is -2.16. The van der Waals surface area contributed by atoms with Crippen molar-refractivity contribution in [1.82, 2.24) is 4.98 Å². The summed E-state index contributed by atoms with van der Waals surface area (Å²) in [5.41, 5.74) is 8.91. The summed E-state index contributed by atoms with van der Waals surface area (Å²) in [7, 11) is 0. The molecular weight excluding hydrogens is 246 g/mol. The molecule has 3 N–H and O–H groups in total. The number of thiazole rings is 1. The molecule has 0 aliphatic heterocycles. The van der Waals surface area contributed by atoms with Crippen LogP contribution in [0.15, 0.2) is 36.0 Å². The number of primary amides is 1. The molecule has 2 aromatic rings. The van der Waals surface area contributed by atoms with Crippen molar-refractivity contribution < 1.29 is 4.79 Å². The van der Waals surface area contributed by atoms with Gasteiger partial charge in [0.15, 0.2) is 0 Å². The summed E-state index contributed by atoms with van der Waals surface area (Å²) in [6.07, 6.45) is 2.09. The van der Waals surface area contributed by atoms with Gasteiger partial charge in [-0.3, -0.25) is 9.78 Å². The first kappa shape index (κ1) is 12.6. The number of nitrogens with one attached hydrogen (secondary N) is 1. The van der Waals surface area contributed by atoms with Crippen molar-refractivity contribution in [2.24, 2.45) is 5.73 Å². The summed E-state index contributed by atoms with van der Waals surface area (Å²) in [6, 6.07) is 7.86. The quantitative estimate of drug-likeness (QED) is 0.868. The van der Waals surface area contributed by atoms with Crippen molar-refractivity contribution in [3.8, 4) is 0 Å². The van der Waals surface area contributed by atoms with Crippen molar-refractivity contribution in [3.05, 3.63) is 46.4 Å². The van der Waals surface area contributed by atoms with Gasteiger partial charge in [-0.05, 0) is 18.6 Å². The Bertz CT molecular complexity index is 525. The summed E-state index contributed by atoms with van der Waals surface area (Å²) in [5.74, 6) is -0.324. The molecule has 0 saturated heterocycles. The maximum atomic E-state index is 11.0. The Morgan fingerprint density at radius 2 is 2.28 bits per heavy atom. The Labute approximate surface area is 110 Å². The van der Waals surface area contributed by atoms with Crippen LogP contribution >= 0.6 is 11.3 Å². The van der Waals surface area contributed by atoms with Gasteiger partial charge in [0.1, 0.15) is 0 Å². The van der Waals surface area contributed by atoms with E-state index < -0.39 is 0 Å². The fourth-order valence-corrected chi connectivity index (χ4v) is 2.38. The Hall–Kier alpha value is -1.88. The van der Waals surface area contributed by atoms with Gasteiger partial charge in [-0.15, -0.1) is 11.3 Å². The minimum absolute atomic E-state index is 0.159. The number of hydrogen-bond donors (Lipinski definition) is 2. The Balaban J connectivity index is 2.16. The van der Waals surface area contributed by atoms with E-state index in [-0.39, 0.29) is 18.4 Å². The number of nitrogens with two attached hydrogens (primary N) is 1. The van der Waals surface area contributed by atoms with Gasteiger partial charge >= 0.3 is 0 Å². The van der Waals surface area contributed by atoms with Gasteiger partial charge in [0.05, 0.1) is 18.0 Å². The SMILES string of the molecule is CC(Nc1ccccc1CC(N)=O)c1cncs1. The second-order valence-electron chi connectivity index (χ2n) is 4.07. The van der Waals surface area contributed by atoms with Gasteiger partial charge in [-0.2, -0.15) is 0 Å². The second kappa shape index (κ2) is 5.64. The van der Waals surface area contributed by atoms with Crippen LogP contribution in [0.3, 0.4) is 0 Å². The molecule has 4 nitrogen and oxygen atoms in total. The third-order valence-electron chi connectivity index (χ3n) is 2.63. The van der Waals surface area contributed by atoms with Crippen molar-refractivity contribution in [1.29, 1.82) is 0 Å². The maximum absolute atomic E-state index is 11.0. The molecule has 0 radical (unpaired) electrons. The zero-order chi connectivity index (χ0) is 13.0. The topological polar surface area (TPSA) is 68.0 Å². The van der Waals surface area contributed by atoms with Crippen molar-refractivity contribution >= 4 is 22.9 Å². The number of hydrogen-bond acceptors (Lipinski definition) is 4. The summed E-state index contributed by atoms with van der Waals surface area (Å²) in [5, 5.41) is 3.38. The third kappa shape index (κ3) is 3.07. The van der Waals surface area contributed by atoms with Crippen molar-refractivity contribution in [2.45, 2.75) is 19.4 Å². The van der Waals surface area contributed by atoms with Crippen LogP contribution in [0, 0.1) is 0 Å². The van der Waals surface area contributed by atoms with Gasteiger partial charge < -0.3 is 11.1 Å². The standard InChI is InChI=1S/C13H15N3OS/c1-9(12-7-15-8-18-12)16-11-5-3-2-4-10(11)6-13(14)17/h2-5,7-9,16H,6H2,1H3,(H2,14,17). The van der Waals surface area contributed by atoms with Crippen LogP contribution in [0.2, 0.25) is 0 Å². The third-order valence-corrected chi connectivity index (χ3v) is 3.59. The highest BCUT2D eigenvalue weighted by molar-refractivity contribution is 7.09. The van der Waals surface area contributed by atoms with E-state index >= 15 is 0 Å². The number of amides is 1. The summed E-state index contributed by atoms with van der Waals surface area (Å²) in [6.45, 7) is 2.06. The van der Waals surface area contributed by atoms with Gasteiger partial charge in [-0.1, -0.05) is 18.2 Å². The van der Waals surface area contributed by atoms with Crippen molar-refractivity contribution in [2.75, 3.05) is 5.32 Å². The Morgan fingerprint density at radius 1 is 1.50 bits per heavy atom. The molecule has 0 fully saturated rings. The van der Waals surface area contributed by atoms with Gasteiger partial charge in [-0.25, -0.2) is 0 Å². The first-order valence-electron chi connectivity index (χ1n) is 5.68. The molecule has 0 spiro atoms. The number of aromatic nitrogens is 1. The highest BCUT2D eigenvalue weighted by atomic mass is 32.1. The number of nitrogens with zero attached hydrogens (tertiary/aromatic N) is 1. The molecule has 2 rings (SSSR count). The van der Waals surface area contributed by atoms with Crippen LogP contribution in [-0.4, -0.2) is 10.9 Å². The number of carbonyl (C=O) groups is 1. The Kier molecular flexibility index (Phi) is 3.94. The fourth-order valence-electron chi connectivity index (χ4n) is 1.75. The van der Waals surface area contributed by atoms with Crippen LogP contribution in [0.25, 0.3) is 0 Å². The van der Waals surface area contributed by atoms with Gasteiger partial charge in [0.2, 0.25) is 5.91 Å². The number of carbonyl (C=O) groups excluding carboxylic acids is 1. The zero-order valence-corrected chi connectivity index (χ0v) is 10.9. The molecule has 94 valence electrons. The van der Waals surface area contributed by atoms with E-state index in [9.17, 15) is 4.79 Å². The van der Waals surface area contributed by atoms with E-state index in [1.807, 2.05) is 36.0 Å². The minimum Gasteiger partial charge on any atom is -0.377 e. The molecule has 1 aromatic heterocycles. The molecular formula is C13H15N3OS.